The van der Waals surface area contributed by atoms with Crippen LogP contribution in [0, 0.1) is 53.3 Å². The lowest BCUT2D eigenvalue weighted by atomic mass is 9.62. The van der Waals surface area contributed by atoms with Crippen molar-refractivity contribution < 1.29 is 0 Å². The summed E-state index contributed by atoms with van der Waals surface area (Å²) in [7, 11) is 0. The average Bonchev–Trinajstić information content (AvgIpc) is 4.02. The van der Waals surface area contributed by atoms with E-state index in [9.17, 15) is 0 Å². The summed E-state index contributed by atoms with van der Waals surface area (Å²) in [6.07, 6.45) is 52.7. The Hall–Kier alpha value is -5.92. The van der Waals surface area contributed by atoms with Crippen LogP contribution in [0.2, 0.25) is 0 Å². The number of allylic oxidation sites excluding steroid dienone is 20. The van der Waals surface area contributed by atoms with E-state index in [1.165, 1.54) is 76.3 Å². The van der Waals surface area contributed by atoms with Crippen molar-refractivity contribution in [1.82, 2.24) is 4.57 Å². The molecule has 1 saturated carbocycles. The SMILES string of the molecule is CC1Cc2ccc(C3(C)CCc4c(c5ccccc5n4-c4ccc5c6c(cccc46)C4CCC=CC54)C3)cc2C2C=CC=CC2CC1[C@H]1C=CCC(C2=CC=C3C4C=CC=CC4C4=CC=CC2[C@@H]43)C1. The first-order valence-electron chi connectivity index (χ1n) is 27.1. The number of nitrogens with zero attached hydrogens (tertiary/aromatic N) is 1. The molecule has 0 radical (unpaired) electrons. The monoisotopic (exact) mass is 896 g/mol. The van der Waals surface area contributed by atoms with Crippen molar-refractivity contribution in [1.29, 1.82) is 0 Å². The van der Waals surface area contributed by atoms with E-state index in [1.54, 1.807) is 39.0 Å². The van der Waals surface area contributed by atoms with E-state index in [1.807, 2.05) is 0 Å². The highest BCUT2D eigenvalue weighted by Crippen LogP contribution is 2.58. The quantitative estimate of drug-likeness (QED) is 0.158. The third-order valence-electron chi connectivity index (χ3n) is 20.2. The van der Waals surface area contributed by atoms with E-state index in [0.29, 0.717) is 71.0 Å². The molecule has 0 saturated heterocycles. The number of aromatic nitrogens is 1. The van der Waals surface area contributed by atoms with E-state index in [0.717, 1.165) is 25.7 Å². The van der Waals surface area contributed by atoms with Crippen LogP contribution >= 0.6 is 0 Å². The fourth-order valence-corrected chi connectivity index (χ4v) is 16.9. The van der Waals surface area contributed by atoms with Crippen LogP contribution in [0.15, 0.2) is 193 Å². The molecule has 1 heterocycles. The van der Waals surface area contributed by atoms with Crippen molar-refractivity contribution in [2.75, 3.05) is 0 Å². The highest BCUT2D eigenvalue weighted by atomic mass is 15.0. The molecule has 0 aliphatic heterocycles. The van der Waals surface area contributed by atoms with E-state index in [-0.39, 0.29) is 5.41 Å². The second-order valence-corrected chi connectivity index (χ2v) is 23.5. The van der Waals surface area contributed by atoms with Crippen LogP contribution in [-0.4, -0.2) is 4.57 Å². The molecule has 11 unspecified atom stereocenters. The maximum absolute atomic E-state index is 2.71. The minimum absolute atomic E-state index is 0.0565. The molecule has 15 rings (SSSR count). The third kappa shape index (κ3) is 6.07. The van der Waals surface area contributed by atoms with Crippen LogP contribution in [0.4, 0.5) is 0 Å². The number of benzene rings is 4. The number of para-hydroxylation sites is 1. The fraction of sp³-hybridized carbons (Fsp3) is 0.353. The van der Waals surface area contributed by atoms with Gasteiger partial charge in [-0.15, -0.1) is 0 Å². The Morgan fingerprint density at radius 1 is 0.623 bits per heavy atom. The molecule has 13 atom stereocenters. The Kier molecular flexibility index (Phi) is 9.22. The summed E-state index contributed by atoms with van der Waals surface area (Å²) in [5.74, 6) is 6.71. The number of rotatable bonds is 4. The molecule has 0 bridgehead atoms. The zero-order chi connectivity index (χ0) is 45.5. The van der Waals surface area contributed by atoms with Gasteiger partial charge in [0.05, 0.1) is 11.2 Å². The minimum atomic E-state index is 0.0565. The molecule has 342 valence electrons. The van der Waals surface area contributed by atoms with Gasteiger partial charge in [-0.05, 0) is 150 Å². The molecule has 69 heavy (non-hydrogen) atoms. The summed E-state index contributed by atoms with van der Waals surface area (Å²) in [5, 5.41) is 4.39. The van der Waals surface area contributed by atoms with Gasteiger partial charge < -0.3 is 4.57 Å². The first-order valence-corrected chi connectivity index (χ1v) is 27.1. The predicted octanol–water partition coefficient (Wildman–Crippen LogP) is 16.3. The van der Waals surface area contributed by atoms with Gasteiger partial charge in [0.1, 0.15) is 0 Å². The number of fused-ring (bicyclic) bond motifs is 12. The lowest BCUT2D eigenvalue weighted by Crippen LogP contribution is -2.34. The summed E-state index contributed by atoms with van der Waals surface area (Å²) >= 11 is 0. The molecule has 5 aromatic rings. The topological polar surface area (TPSA) is 4.93 Å². The van der Waals surface area contributed by atoms with Crippen LogP contribution in [0.3, 0.4) is 0 Å². The Bertz CT molecular complexity index is 3320. The maximum atomic E-state index is 2.71. The lowest BCUT2D eigenvalue weighted by molar-refractivity contribution is 0.194. The first kappa shape index (κ1) is 40.9. The molecule has 0 N–H and O–H groups in total. The second-order valence-electron chi connectivity index (χ2n) is 23.5. The molecule has 1 heteroatoms. The predicted molar refractivity (Wildman–Crippen MR) is 287 cm³/mol. The van der Waals surface area contributed by atoms with Crippen molar-refractivity contribution in [3.8, 4) is 5.69 Å². The summed E-state index contributed by atoms with van der Waals surface area (Å²) in [6.45, 7) is 5.19. The fourth-order valence-electron chi connectivity index (χ4n) is 16.9. The zero-order valence-electron chi connectivity index (χ0n) is 40.5. The lowest BCUT2D eigenvalue weighted by Gasteiger charge is -2.43. The van der Waals surface area contributed by atoms with Crippen LogP contribution in [0.5, 0.6) is 0 Å². The summed E-state index contributed by atoms with van der Waals surface area (Å²) < 4.78 is 2.69. The molecule has 1 fully saturated rings. The molecule has 10 aliphatic carbocycles. The standard InChI is InChI=1S/C68H65N/c1-41-36-45-28-29-46(68(2)35-34-65-62(40-68)53-22-9-10-27-63(53)69(65)64-33-32-58-52-21-8-6-19-50(52)56-25-13-26-59(64)67(56)58)39-61(45)47-17-4-3-14-44(47)38-60(41)43-16-11-15-42(37-43)48-30-31-57-51-20-7-5-18-49(51)55-24-12-23-54(48)66(55)57/h3-5,7-14,16-18,20-33,39,41-44,47,49-52,54,60,66H,6,15,19,34-38,40H2,1-2H3/t41?,42?,43-,44?,47?,49?,50?,51?,52?,54?,60?,66-,68?/m0/s1. The van der Waals surface area contributed by atoms with Crippen LogP contribution in [0.1, 0.15) is 109 Å². The van der Waals surface area contributed by atoms with Gasteiger partial charge in [0.15, 0.2) is 0 Å². The summed E-state index contributed by atoms with van der Waals surface area (Å²) in [4.78, 5) is 0. The van der Waals surface area contributed by atoms with Crippen LogP contribution < -0.4 is 0 Å². The Balaban J connectivity index is 0.733. The Morgan fingerprint density at radius 3 is 2.35 bits per heavy atom. The van der Waals surface area contributed by atoms with Gasteiger partial charge in [0.2, 0.25) is 0 Å². The third-order valence-corrected chi connectivity index (χ3v) is 20.2. The second kappa shape index (κ2) is 15.5. The molecule has 1 nitrogen and oxygen atoms in total. The highest BCUT2D eigenvalue weighted by molar-refractivity contribution is 6.00. The van der Waals surface area contributed by atoms with Gasteiger partial charge in [-0.2, -0.15) is 0 Å². The van der Waals surface area contributed by atoms with Gasteiger partial charge in [-0.25, -0.2) is 0 Å². The number of hydrogen-bond donors (Lipinski definition) is 0. The van der Waals surface area contributed by atoms with Gasteiger partial charge in [0, 0.05) is 52.0 Å². The zero-order valence-corrected chi connectivity index (χ0v) is 40.5. The van der Waals surface area contributed by atoms with Crippen molar-refractivity contribution >= 4 is 21.7 Å². The normalized spacial score (nSPS) is 35.1. The van der Waals surface area contributed by atoms with Gasteiger partial charge in [0.25, 0.3) is 0 Å². The van der Waals surface area contributed by atoms with Crippen molar-refractivity contribution in [3.63, 3.8) is 0 Å². The first-order chi connectivity index (χ1) is 34.0. The van der Waals surface area contributed by atoms with E-state index in [2.05, 4.69) is 195 Å². The van der Waals surface area contributed by atoms with Crippen molar-refractivity contribution in [2.45, 2.75) is 94.8 Å². The average molecular weight is 896 g/mol. The molecule has 0 amide bonds. The van der Waals surface area contributed by atoms with Crippen molar-refractivity contribution in [3.05, 3.63) is 232 Å². The maximum Gasteiger partial charge on any atom is 0.0537 e. The molecule has 1 aromatic heterocycles. The van der Waals surface area contributed by atoms with Crippen LogP contribution in [0.25, 0.3) is 27.4 Å². The molecular weight excluding hydrogens is 831 g/mol. The Labute approximate surface area is 409 Å². The molecule has 10 aliphatic rings. The van der Waals surface area contributed by atoms with Gasteiger partial charge >= 0.3 is 0 Å². The Morgan fingerprint density at radius 2 is 1.43 bits per heavy atom. The highest BCUT2D eigenvalue weighted by Gasteiger charge is 2.48. The van der Waals surface area contributed by atoms with Gasteiger partial charge in [-0.3, -0.25) is 0 Å². The van der Waals surface area contributed by atoms with E-state index in [4.69, 9.17) is 0 Å². The van der Waals surface area contributed by atoms with E-state index >= 15 is 0 Å². The number of hydrogen-bond acceptors (Lipinski definition) is 0. The largest absolute Gasteiger partial charge is 0.313 e. The van der Waals surface area contributed by atoms with Gasteiger partial charge in [-0.1, -0.05) is 195 Å². The van der Waals surface area contributed by atoms with Crippen molar-refractivity contribution in [2.24, 2.45) is 53.3 Å². The van der Waals surface area contributed by atoms with E-state index < -0.39 is 0 Å². The van der Waals surface area contributed by atoms with Crippen LogP contribution in [-0.2, 0) is 24.7 Å². The summed E-state index contributed by atoms with van der Waals surface area (Å²) in [6, 6.07) is 29.3. The molecular formula is C68H65N. The summed E-state index contributed by atoms with van der Waals surface area (Å²) in [5.41, 5.74) is 18.7. The molecule has 0 spiro atoms. The minimum Gasteiger partial charge on any atom is -0.313 e. The smallest absolute Gasteiger partial charge is 0.0537 e. The molecule has 4 aromatic carbocycles.